The number of hydrogen-bond donors (Lipinski definition) is 1. The van der Waals surface area contributed by atoms with Crippen molar-refractivity contribution < 1.29 is 12.6 Å². The van der Waals surface area contributed by atoms with Gasteiger partial charge in [0.1, 0.15) is 0 Å². The molecule has 6 heteroatoms. The molecule has 4 nitrogen and oxygen atoms in total. The Kier molecular flexibility index (Phi) is 6.59. The monoisotopic (exact) mass is 175 g/mol. The molecule has 0 aliphatic carbocycles. The van der Waals surface area contributed by atoms with Gasteiger partial charge in [0, 0.05) is 0 Å². The summed E-state index contributed by atoms with van der Waals surface area (Å²) in [6, 6.07) is 0. The number of halogens is 1. The first-order valence-corrected chi connectivity index (χ1v) is 3.70. The third-order valence-electron chi connectivity index (χ3n) is 0.452. The van der Waals surface area contributed by atoms with Gasteiger partial charge in [0.2, 0.25) is 0 Å². The minimum Gasteiger partial charge on any atom is -0.258 e. The molecule has 0 unspecified atom stereocenters. The van der Waals surface area contributed by atoms with E-state index in [1.165, 1.54) is 0 Å². The molecule has 0 saturated heterocycles. The van der Waals surface area contributed by atoms with Gasteiger partial charge >= 0.3 is 10.3 Å². The molecule has 2 N–H and O–H groups in total. The molecule has 0 fully saturated rings. The fourth-order valence-electron chi connectivity index (χ4n) is 0.199. The average molecular weight is 176 g/mol. The summed E-state index contributed by atoms with van der Waals surface area (Å²) in [5.41, 5.74) is 0. The Morgan fingerprint density at radius 2 is 2.00 bits per heavy atom. The fraction of sp³-hybridized carbons (Fsp3) is 1.00. The summed E-state index contributed by atoms with van der Waals surface area (Å²) in [5, 5.41) is 4.47. The van der Waals surface area contributed by atoms with Crippen molar-refractivity contribution in [1.29, 1.82) is 0 Å². The van der Waals surface area contributed by atoms with Gasteiger partial charge in [-0.3, -0.25) is 4.18 Å². The summed E-state index contributed by atoms with van der Waals surface area (Å²) in [6.45, 7) is 1.96. The summed E-state index contributed by atoms with van der Waals surface area (Å²) in [7, 11) is -3.69. The largest absolute Gasteiger partial charge is 0.333 e. The molecular weight excluding hydrogens is 166 g/mol. The van der Waals surface area contributed by atoms with E-state index in [1.807, 2.05) is 0 Å². The Bertz CT molecular complexity index is 143. The molecule has 0 rings (SSSR count). The molecular formula is C3H10ClNO3S. The lowest BCUT2D eigenvalue weighted by atomic mass is 10.5. The smallest absolute Gasteiger partial charge is 0.258 e. The molecule has 0 saturated carbocycles. The van der Waals surface area contributed by atoms with Gasteiger partial charge in [-0.1, -0.05) is 6.92 Å². The third kappa shape index (κ3) is 11.6. The molecule has 0 heterocycles. The Balaban J connectivity index is 0. The van der Waals surface area contributed by atoms with Crippen molar-refractivity contribution in [3.63, 3.8) is 0 Å². The highest BCUT2D eigenvalue weighted by Gasteiger charge is 1.97. The van der Waals surface area contributed by atoms with Crippen molar-refractivity contribution in [2.75, 3.05) is 6.61 Å². The maximum absolute atomic E-state index is 9.95. The zero-order chi connectivity index (χ0) is 6.62. The molecule has 0 aliphatic heterocycles. The van der Waals surface area contributed by atoms with Crippen molar-refractivity contribution in [3.05, 3.63) is 0 Å². The van der Waals surface area contributed by atoms with E-state index in [1.54, 1.807) is 6.92 Å². The van der Waals surface area contributed by atoms with Crippen LogP contribution in [0, 0.1) is 0 Å². The minimum absolute atomic E-state index is 0. The van der Waals surface area contributed by atoms with Crippen molar-refractivity contribution >= 4 is 22.7 Å². The molecule has 0 aromatic carbocycles. The van der Waals surface area contributed by atoms with Crippen molar-refractivity contribution in [3.8, 4) is 0 Å². The van der Waals surface area contributed by atoms with Crippen LogP contribution >= 0.6 is 12.4 Å². The predicted octanol–water partition coefficient (Wildman–Crippen LogP) is 0.0383. The average Bonchev–Trinajstić information content (AvgIpc) is 1.59. The van der Waals surface area contributed by atoms with E-state index in [9.17, 15) is 8.42 Å². The van der Waals surface area contributed by atoms with Gasteiger partial charge in [-0.25, -0.2) is 5.14 Å². The van der Waals surface area contributed by atoms with Gasteiger partial charge in [0.25, 0.3) is 0 Å². The highest BCUT2D eigenvalue weighted by molar-refractivity contribution is 7.84. The predicted molar refractivity (Wildman–Crippen MR) is 36.6 cm³/mol. The fourth-order valence-corrected chi connectivity index (χ4v) is 0.598. The van der Waals surface area contributed by atoms with E-state index in [2.05, 4.69) is 9.32 Å². The van der Waals surface area contributed by atoms with Crippen molar-refractivity contribution in [2.24, 2.45) is 5.14 Å². The van der Waals surface area contributed by atoms with Gasteiger partial charge in [0.05, 0.1) is 6.61 Å². The van der Waals surface area contributed by atoms with Crippen LogP contribution in [0.1, 0.15) is 13.3 Å². The summed E-state index contributed by atoms with van der Waals surface area (Å²) < 4.78 is 24.0. The van der Waals surface area contributed by atoms with Crippen LogP contribution in [0.4, 0.5) is 0 Å². The Morgan fingerprint density at radius 1 is 1.56 bits per heavy atom. The first kappa shape index (κ1) is 11.9. The molecule has 0 amide bonds. The van der Waals surface area contributed by atoms with Crippen molar-refractivity contribution in [2.45, 2.75) is 13.3 Å². The molecule has 0 aliphatic rings. The van der Waals surface area contributed by atoms with E-state index in [0.717, 1.165) is 0 Å². The molecule has 0 bridgehead atoms. The summed E-state index contributed by atoms with van der Waals surface area (Å²) in [6.07, 6.45) is 0.649. The number of rotatable bonds is 3. The van der Waals surface area contributed by atoms with Crippen LogP contribution in [0.2, 0.25) is 0 Å². The summed E-state index contributed by atoms with van der Waals surface area (Å²) >= 11 is 0. The second kappa shape index (κ2) is 4.99. The highest BCUT2D eigenvalue weighted by Crippen LogP contribution is 1.83. The SMILES string of the molecule is CCCOS(N)(=O)=O.Cl. The van der Waals surface area contributed by atoms with Crippen LogP contribution in [0.15, 0.2) is 0 Å². The van der Waals surface area contributed by atoms with Gasteiger partial charge in [-0.15, -0.1) is 12.4 Å². The maximum Gasteiger partial charge on any atom is 0.333 e. The van der Waals surface area contributed by atoms with Gasteiger partial charge in [-0.05, 0) is 6.42 Å². The molecule has 0 aromatic rings. The topological polar surface area (TPSA) is 69.4 Å². The maximum atomic E-state index is 9.95. The number of hydrogen-bond acceptors (Lipinski definition) is 3. The lowest BCUT2D eigenvalue weighted by Gasteiger charge is -1.93. The normalized spacial score (nSPS) is 10.4. The van der Waals surface area contributed by atoms with Crippen LogP contribution in [0.5, 0.6) is 0 Å². The zero-order valence-electron chi connectivity index (χ0n) is 5.03. The van der Waals surface area contributed by atoms with Crippen molar-refractivity contribution in [1.82, 2.24) is 0 Å². The zero-order valence-corrected chi connectivity index (χ0v) is 6.67. The Labute approximate surface area is 61.0 Å². The van der Waals surface area contributed by atoms with E-state index in [4.69, 9.17) is 0 Å². The third-order valence-corrected chi connectivity index (χ3v) is 0.947. The highest BCUT2D eigenvalue weighted by atomic mass is 35.5. The standard InChI is InChI=1S/C3H9NO3S.ClH/c1-2-3-7-8(4,5)6;/h2-3H2,1H3,(H2,4,5,6);1H. The molecule has 0 spiro atoms. The number of nitrogens with two attached hydrogens (primary N) is 1. The van der Waals surface area contributed by atoms with E-state index in [-0.39, 0.29) is 19.0 Å². The molecule has 0 atom stereocenters. The van der Waals surface area contributed by atoms with Crippen LogP contribution in [-0.2, 0) is 14.5 Å². The van der Waals surface area contributed by atoms with E-state index >= 15 is 0 Å². The molecule has 0 aromatic heterocycles. The quantitative estimate of drug-likeness (QED) is 0.659. The first-order chi connectivity index (χ1) is 3.56. The Morgan fingerprint density at radius 3 is 2.11 bits per heavy atom. The van der Waals surface area contributed by atoms with E-state index < -0.39 is 10.3 Å². The van der Waals surface area contributed by atoms with Gasteiger partial charge in [-0.2, -0.15) is 8.42 Å². The van der Waals surface area contributed by atoms with E-state index in [0.29, 0.717) is 6.42 Å². The first-order valence-electron chi connectivity index (χ1n) is 2.23. The van der Waals surface area contributed by atoms with Gasteiger partial charge < -0.3 is 0 Å². The molecule has 9 heavy (non-hydrogen) atoms. The molecule has 0 radical (unpaired) electrons. The minimum atomic E-state index is -3.69. The summed E-state index contributed by atoms with van der Waals surface area (Å²) in [4.78, 5) is 0. The van der Waals surface area contributed by atoms with Crippen LogP contribution in [-0.4, -0.2) is 15.0 Å². The second-order valence-electron chi connectivity index (χ2n) is 1.31. The second-order valence-corrected chi connectivity index (χ2v) is 2.54. The molecule has 58 valence electrons. The van der Waals surface area contributed by atoms with Crippen LogP contribution in [0.3, 0.4) is 0 Å². The van der Waals surface area contributed by atoms with Crippen LogP contribution < -0.4 is 5.14 Å². The Hall–Kier alpha value is 0.160. The van der Waals surface area contributed by atoms with Gasteiger partial charge in [0.15, 0.2) is 0 Å². The lowest BCUT2D eigenvalue weighted by molar-refractivity contribution is 0.318. The van der Waals surface area contributed by atoms with Crippen LogP contribution in [0.25, 0.3) is 0 Å². The lowest BCUT2D eigenvalue weighted by Crippen LogP contribution is -2.15. The summed E-state index contributed by atoms with van der Waals surface area (Å²) in [5.74, 6) is 0.